The van der Waals surface area contributed by atoms with Crippen LogP contribution in [-0.2, 0) is 6.18 Å². The first-order valence-electron chi connectivity index (χ1n) is 6.34. The fourth-order valence-corrected chi connectivity index (χ4v) is 2.23. The molecule has 0 saturated carbocycles. The van der Waals surface area contributed by atoms with E-state index in [1.165, 1.54) is 7.11 Å². The number of aromatic nitrogens is 2. The number of nitrogens with one attached hydrogen (secondary N) is 1. The van der Waals surface area contributed by atoms with Gasteiger partial charge in [-0.05, 0) is 19.1 Å². The lowest BCUT2D eigenvalue weighted by molar-refractivity contribution is -0.138. The van der Waals surface area contributed by atoms with Crippen molar-refractivity contribution in [3.8, 4) is 11.5 Å². The predicted octanol–water partition coefficient (Wildman–Crippen LogP) is 3.44. The SMILES string of the molecule is COc1ccccc1OC(C)CNc1nnc(C(F)(F)F)s1. The Morgan fingerprint density at radius 1 is 1.23 bits per heavy atom. The van der Waals surface area contributed by atoms with Gasteiger partial charge in [0.2, 0.25) is 10.1 Å². The minimum atomic E-state index is -4.48. The lowest BCUT2D eigenvalue weighted by Crippen LogP contribution is -2.22. The second-order valence-corrected chi connectivity index (χ2v) is 5.35. The van der Waals surface area contributed by atoms with Crippen LogP contribution >= 0.6 is 11.3 Å². The molecule has 2 rings (SSSR count). The predicted molar refractivity (Wildman–Crippen MR) is 76.5 cm³/mol. The number of benzene rings is 1. The Kier molecular flexibility index (Phi) is 5.07. The summed E-state index contributed by atoms with van der Waals surface area (Å²) in [6, 6.07) is 7.13. The first-order chi connectivity index (χ1) is 10.4. The molecule has 1 atom stereocenters. The van der Waals surface area contributed by atoms with Crippen molar-refractivity contribution in [2.24, 2.45) is 0 Å². The monoisotopic (exact) mass is 333 g/mol. The molecule has 0 spiro atoms. The number of methoxy groups -OCH3 is 1. The van der Waals surface area contributed by atoms with Crippen LogP contribution in [0.2, 0.25) is 0 Å². The van der Waals surface area contributed by atoms with Gasteiger partial charge in [-0.2, -0.15) is 13.2 Å². The molecule has 1 N–H and O–H groups in total. The number of nitrogens with zero attached hydrogens (tertiary/aromatic N) is 2. The number of hydrogen-bond donors (Lipinski definition) is 1. The highest BCUT2D eigenvalue weighted by molar-refractivity contribution is 7.15. The number of rotatable bonds is 6. The molecule has 0 bridgehead atoms. The zero-order valence-corrected chi connectivity index (χ0v) is 12.7. The number of halogens is 3. The maximum Gasteiger partial charge on any atom is 0.445 e. The van der Waals surface area contributed by atoms with Gasteiger partial charge in [-0.3, -0.25) is 0 Å². The van der Waals surface area contributed by atoms with Gasteiger partial charge in [-0.15, -0.1) is 10.2 Å². The Bertz CT molecular complexity index is 619. The molecule has 0 radical (unpaired) electrons. The molecule has 1 aromatic carbocycles. The molecule has 0 aliphatic heterocycles. The molecular formula is C13H14F3N3O2S. The van der Waals surface area contributed by atoms with Crippen LogP contribution in [0, 0.1) is 0 Å². The average molecular weight is 333 g/mol. The van der Waals surface area contributed by atoms with Crippen molar-refractivity contribution in [1.29, 1.82) is 0 Å². The standard InChI is InChI=1S/C13H14F3N3O2S/c1-8(21-10-6-4-3-5-9(10)20-2)7-17-12-19-18-11(22-12)13(14,15)16/h3-6,8H,7H2,1-2H3,(H,17,19). The molecule has 1 heterocycles. The third-order valence-electron chi connectivity index (χ3n) is 2.61. The number of alkyl halides is 3. The Labute approximate surface area is 129 Å². The van der Waals surface area contributed by atoms with Gasteiger partial charge in [-0.1, -0.05) is 23.5 Å². The molecular weight excluding hydrogens is 319 g/mol. The molecule has 0 fully saturated rings. The topological polar surface area (TPSA) is 56.3 Å². The lowest BCUT2D eigenvalue weighted by atomic mass is 10.3. The van der Waals surface area contributed by atoms with Gasteiger partial charge in [-0.25, -0.2) is 0 Å². The highest BCUT2D eigenvalue weighted by Gasteiger charge is 2.35. The van der Waals surface area contributed by atoms with Gasteiger partial charge < -0.3 is 14.8 Å². The quantitative estimate of drug-likeness (QED) is 0.877. The maximum atomic E-state index is 12.4. The van der Waals surface area contributed by atoms with E-state index >= 15 is 0 Å². The number of anilines is 1. The van der Waals surface area contributed by atoms with E-state index < -0.39 is 11.2 Å². The van der Waals surface area contributed by atoms with Gasteiger partial charge in [0.05, 0.1) is 13.7 Å². The van der Waals surface area contributed by atoms with Crippen molar-refractivity contribution < 1.29 is 22.6 Å². The number of hydrogen-bond acceptors (Lipinski definition) is 6. The van der Waals surface area contributed by atoms with E-state index in [2.05, 4.69) is 15.5 Å². The van der Waals surface area contributed by atoms with Crippen LogP contribution in [0.4, 0.5) is 18.3 Å². The number of para-hydroxylation sites is 2. The molecule has 0 amide bonds. The van der Waals surface area contributed by atoms with Crippen LogP contribution in [0.1, 0.15) is 11.9 Å². The average Bonchev–Trinajstić information content (AvgIpc) is 2.95. The summed E-state index contributed by atoms with van der Waals surface area (Å²) in [6.07, 6.45) is -4.77. The van der Waals surface area contributed by atoms with Crippen molar-refractivity contribution in [3.05, 3.63) is 29.3 Å². The molecule has 0 aliphatic rings. The largest absolute Gasteiger partial charge is 0.493 e. The molecule has 22 heavy (non-hydrogen) atoms. The lowest BCUT2D eigenvalue weighted by Gasteiger charge is -2.16. The minimum Gasteiger partial charge on any atom is -0.493 e. The summed E-state index contributed by atoms with van der Waals surface area (Å²) in [6.45, 7) is 2.07. The fourth-order valence-electron chi connectivity index (χ4n) is 1.61. The summed E-state index contributed by atoms with van der Waals surface area (Å²) >= 11 is 0.457. The van der Waals surface area contributed by atoms with E-state index in [-0.39, 0.29) is 17.8 Å². The Morgan fingerprint density at radius 3 is 2.50 bits per heavy atom. The summed E-state index contributed by atoms with van der Waals surface area (Å²) in [5.74, 6) is 1.15. The van der Waals surface area contributed by atoms with Gasteiger partial charge in [0, 0.05) is 0 Å². The van der Waals surface area contributed by atoms with E-state index in [0.717, 1.165) is 0 Å². The van der Waals surface area contributed by atoms with E-state index in [0.29, 0.717) is 22.8 Å². The van der Waals surface area contributed by atoms with Crippen LogP contribution in [0.25, 0.3) is 0 Å². The minimum absolute atomic E-state index is 0.0998. The van der Waals surface area contributed by atoms with Crippen molar-refractivity contribution in [3.63, 3.8) is 0 Å². The zero-order valence-electron chi connectivity index (χ0n) is 11.8. The summed E-state index contributed by atoms with van der Waals surface area (Å²) in [4.78, 5) is 0. The summed E-state index contributed by atoms with van der Waals surface area (Å²) in [7, 11) is 1.53. The summed E-state index contributed by atoms with van der Waals surface area (Å²) < 4.78 is 48.1. The fraction of sp³-hybridized carbons (Fsp3) is 0.385. The second kappa shape index (κ2) is 6.82. The normalized spacial score (nSPS) is 12.8. The summed E-state index contributed by atoms with van der Waals surface area (Å²) in [5, 5.41) is 8.44. The van der Waals surface area contributed by atoms with E-state index in [1.54, 1.807) is 25.1 Å². The molecule has 0 aliphatic carbocycles. The molecule has 2 aromatic rings. The van der Waals surface area contributed by atoms with Gasteiger partial charge in [0.1, 0.15) is 6.10 Å². The number of ether oxygens (including phenoxy) is 2. The maximum absolute atomic E-state index is 12.4. The highest BCUT2D eigenvalue weighted by Crippen LogP contribution is 2.33. The third-order valence-corrected chi connectivity index (χ3v) is 3.53. The molecule has 120 valence electrons. The van der Waals surface area contributed by atoms with Crippen molar-refractivity contribution in [2.75, 3.05) is 19.0 Å². The molecule has 9 heteroatoms. The van der Waals surface area contributed by atoms with Crippen LogP contribution in [0.5, 0.6) is 11.5 Å². The van der Waals surface area contributed by atoms with E-state index in [4.69, 9.17) is 9.47 Å². The first-order valence-corrected chi connectivity index (χ1v) is 7.16. The molecule has 0 saturated heterocycles. The Morgan fingerprint density at radius 2 is 1.91 bits per heavy atom. The third kappa shape index (κ3) is 4.23. The van der Waals surface area contributed by atoms with Crippen molar-refractivity contribution >= 4 is 16.5 Å². The summed E-state index contributed by atoms with van der Waals surface area (Å²) in [5.41, 5.74) is 0. The van der Waals surface area contributed by atoms with E-state index in [9.17, 15) is 13.2 Å². The van der Waals surface area contributed by atoms with Crippen molar-refractivity contribution in [1.82, 2.24) is 10.2 Å². The molecule has 1 unspecified atom stereocenters. The zero-order chi connectivity index (χ0) is 16.2. The van der Waals surface area contributed by atoms with Crippen LogP contribution in [0.3, 0.4) is 0 Å². The Hall–Kier alpha value is -2.03. The van der Waals surface area contributed by atoms with Gasteiger partial charge >= 0.3 is 6.18 Å². The first kappa shape index (κ1) is 16.3. The van der Waals surface area contributed by atoms with Crippen LogP contribution < -0.4 is 14.8 Å². The Balaban J connectivity index is 1.90. The smallest absolute Gasteiger partial charge is 0.445 e. The van der Waals surface area contributed by atoms with Gasteiger partial charge in [0.15, 0.2) is 11.5 Å². The van der Waals surface area contributed by atoms with Crippen molar-refractivity contribution in [2.45, 2.75) is 19.2 Å². The van der Waals surface area contributed by atoms with Gasteiger partial charge in [0.25, 0.3) is 0 Å². The van der Waals surface area contributed by atoms with Crippen LogP contribution in [0.15, 0.2) is 24.3 Å². The highest BCUT2D eigenvalue weighted by atomic mass is 32.1. The molecule has 5 nitrogen and oxygen atoms in total. The second-order valence-electron chi connectivity index (χ2n) is 4.37. The van der Waals surface area contributed by atoms with E-state index in [1.807, 2.05) is 6.07 Å². The molecule has 1 aromatic heterocycles. The van der Waals surface area contributed by atoms with Crippen LogP contribution in [-0.4, -0.2) is 30.0 Å².